The Morgan fingerprint density at radius 1 is 1.29 bits per heavy atom. The third kappa shape index (κ3) is 5.35. The maximum absolute atomic E-state index is 14.7. The Morgan fingerprint density at radius 3 is 2.47 bits per heavy atom. The molecule has 8 nitrogen and oxygen atoms in total. The van der Waals surface area contributed by atoms with E-state index in [2.05, 4.69) is 49.9 Å². The largest absolute Gasteiger partial charge is 0.465 e. The molecule has 0 aromatic rings. The molecule has 1 N–H and O–H groups in total. The van der Waals surface area contributed by atoms with Crippen LogP contribution >= 0.6 is 15.9 Å². The molecule has 1 spiro atoms. The molecule has 0 radical (unpaired) electrons. The lowest BCUT2D eigenvalue weighted by Crippen LogP contribution is -2.62. The average Bonchev–Trinajstić information content (AvgIpc) is 3.40. The van der Waals surface area contributed by atoms with Crippen LogP contribution in [0.15, 0.2) is 25.3 Å². The topological polar surface area (TPSA) is 96.4 Å². The zero-order chi connectivity index (χ0) is 28.6. The standard InChI is InChI=1S/C29H45BrN2O6/c1-9-12-14-37-26(36)20-21-24(34)32(18(11-3)16-33)23(29(21)15-19(30)22(20)38-29)25(35)31(13-10-2)28(7,8)17-27(4,5)6/h9-10,18-23,33H,1-2,11-17H2,3-8H3/t18-,19?,20-,21-,22-,23?,29?/m0/s1. The predicted molar refractivity (Wildman–Crippen MR) is 150 cm³/mol. The van der Waals surface area contributed by atoms with Crippen molar-refractivity contribution in [2.24, 2.45) is 17.3 Å². The minimum atomic E-state index is -1.20. The van der Waals surface area contributed by atoms with E-state index in [1.54, 1.807) is 17.1 Å². The number of fused-ring (bicyclic) bond motifs is 1. The van der Waals surface area contributed by atoms with Crippen LogP contribution in [0.4, 0.5) is 0 Å². The third-order valence-electron chi connectivity index (χ3n) is 8.15. The second-order valence-electron chi connectivity index (χ2n) is 12.7. The summed E-state index contributed by atoms with van der Waals surface area (Å²) in [5.74, 6) is -2.77. The Labute approximate surface area is 235 Å². The van der Waals surface area contributed by atoms with E-state index in [4.69, 9.17) is 9.47 Å². The molecule has 9 heteroatoms. The summed E-state index contributed by atoms with van der Waals surface area (Å²) in [6, 6.07) is -1.56. The van der Waals surface area contributed by atoms with E-state index in [9.17, 15) is 19.5 Å². The first-order chi connectivity index (χ1) is 17.7. The van der Waals surface area contributed by atoms with Gasteiger partial charge in [-0.25, -0.2) is 0 Å². The van der Waals surface area contributed by atoms with Gasteiger partial charge in [0.05, 0.1) is 37.2 Å². The summed E-state index contributed by atoms with van der Waals surface area (Å²) in [5.41, 5.74) is -1.81. The number of rotatable bonds is 12. The van der Waals surface area contributed by atoms with Gasteiger partial charge in [0.15, 0.2) is 0 Å². The summed E-state index contributed by atoms with van der Waals surface area (Å²) < 4.78 is 12.1. The lowest BCUT2D eigenvalue weighted by Gasteiger charge is -2.46. The smallest absolute Gasteiger partial charge is 0.312 e. The van der Waals surface area contributed by atoms with Crippen LogP contribution in [0.25, 0.3) is 0 Å². The second-order valence-corrected chi connectivity index (χ2v) is 13.9. The number of esters is 1. The summed E-state index contributed by atoms with van der Waals surface area (Å²) >= 11 is 3.68. The van der Waals surface area contributed by atoms with Crippen LogP contribution in [-0.2, 0) is 23.9 Å². The van der Waals surface area contributed by atoms with Gasteiger partial charge in [-0.15, -0.1) is 13.2 Å². The monoisotopic (exact) mass is 596 g/mol. The minimum absolute atomic E-state index is 0.0597. The van der Waals surface area contributed by atoms with E-state index in [0.717, 1.165) is 6.42 Å². The molecule has 3 saturated heterocycles. The number of aliphatic hydroxyl groups is 1. The molecule has 2 amide bonds. The summed E-state index contributed by atoms with van der Waals surface area (Å²) in [6.07, 6.45) is 4.86. The van der Waals surface area contributed by atoms with Gasteiger partial charge in [0, 0.05) is 16.9 Å². The third-order valence-corrected chi connectivity index (χ3v) is 8.99. The van der Waals surface area contributed by atoms with Crippen LogP contribution in [0.2, 0.25) is 0 Å². The van der Waals surface area contributed by atoms with Gasteiger partial charge in [0.25, 0.3) is 0 Å². The Bertz CT molecular complexity index is 942. The fourth-order valence-corrected chi connectivity index (χ4v) is 8.01. The molecule has 3 rings (SSSR count). The highest BCUT2D eigenvalue weighted by Gasteiger charge is 2.77. The van der Waals surface area contributed by atoms with Gasteiger partial charge in [-0.1, -0.05) is 55.8 Å². The van der Waals surface area contributed by atoms with Gasteiger partial charge < -0.3 is 24.4 Å². The molecule has 0 aliphatic carbocycles. The first-order valence-corrected chi connectivity index (χ1v) is 14.6. The van der Waals surface area contributed by atoms with E-state index in [1.165, 1.54) is 4.90 Å². The normalized spacial score (nSPS) is 31.2. The molecule has 3 unspecified atom stereocenters. The highest BCUT2D eigenvalue weighted by atomic mass is 79.9. The lowest BCUT2D eigenvalue weighted by molar-refractivity contribution is -0.158. The summed E-state index contributed by atoms with van der Waals surface area (Å²) in [7, 11) is 0. The number of ether oxygens (including phenoxy) is 2. The van der Waals surface area contributed by atoms with Gasteiger partial charge in [-0.2, -0.15) is 0 Å². The van der Waals surface area contributed by atoms with Crippen molar-refractivity contribution in [3.63, 3.8) is 0 Å². The molecular weight excluding hydrogens is 552 g/mol. The molecule has 0 aromatic heterocycles. The number of aliphatic hydroxyl groups excluding tert-OH is 1. The van der Waals surface area contributed by atoms with Crippen LogP contribution < -0.4 is 0 Å². The number of nitrogens with zero attached hydrogens (tertiary/aromatic N) is 2. The van der Waals surface area contributed by atoms with Crippen molar-refractivity contribution in [3.05, 3.63) is 25.3 Å². The maximum atomic E-state index is 14.7. The molecular formula is C29H45BrN2O6. The van der Waals surface area contributed by atoms with Gasteiger partial charge in [-0.3, -0.25) is 14.4 Å². The van der Waals surface area contributed by atoms with Crippen molar-refractivity contribution in [1.29, 1.82) is 0 Å². The fraction of sp³-hybridized carbons (Fsp3) is 0.759. The number of halogens is 1. The molecule has 0 aromatic carbocycles. The van der Waals surface area contributed by atoms with E-state index < -0.39 is 47.1 Å². The van der Waals surface area contributed by atoms with Crippen LogP contribution in [-0.4, -0.2) is 86.6 Å². The fourth-order valence-electron chi connectivity index (χ4n) is 7.07. The molecule has 38 heavy (non-hydrogen) atoms. The Kier molecular flexibility index (Phi) is 9.26. The van der Waals surface area contributed by atoms with Crippen LogP contribution in [0, 0.1) is 17.3 Å². The number of carbonyl (C=O) groups excluding carboxylic acids is 3. The van der Waals surface area contributed by atoms with Crippen molar-refractivity contribution in [1.82, 2.24) is 9.80 Å². The Balaban J connectivity index is 2.11. The molecule has 3 aliphatic rings. The highest BCUT2D eigenvalue weighted by Crippen LogP contribution is 2.61. The first kappa shape index (κ1) is 30.8. The van der Waals surface area contributed by atoms with Crippen molar-refractivity contribution in [3.8, 4) is 0 Å². The molecule has 3 fully saturated rings. The average molecular weight is 598 g/mol. The summed E-state index contributed by atoms with van der Waals surface area (Å²) in [6.45, 7) is 20.0. The van der Waals surface area contributed by atoms with E-state index >= 15 is 0 Å². The van der Waals surface area contributed by atoms with Gasteiger partial charge in [0.2, 0.25) is 11.8 Å². The molecule has 2 bridgehead atoms. The Hall–Kier alpha value is -1.71. The molecule has 3 aliphatic heterocycles. The lowest BCUT2D eigenvalue weighted by atomic mass is 9.70. The van der Waals surface area contributed by atoms with Gasteiger partial charge in [0.1, 0.15) is 11.6 Å². The van der Waals surface area contributed by atoms with E-state index in [1.807, 2.05) is 20.8 Å². The maximum Gasteiger partial charge on any atom is 0.312 e. The number of amides is 2. The number of carbonyl (C=O) groups is 3. The van der Waals surface area contributed by atoms with Crippen molar-refractivity contribution in [2.75, 3.05) is 19.8 Å². The van der Waals surface area contributed by atoms with Crippen molar-refractivity contribution < 1.29 is 29.0 Å². The number of alkyl halides is 1. The van der Waals surface area contributed by atoms with Crippen molar-refractivity contribution in [2.45, 2.75) is 101 Å². The van der Waals surface area contributed by atoms with Gasteiger partial charge in [-0.05, 0) is 44.9 Å². The predicted octanol–water partition coefficient (Wildman–Crippen LogP) is 3.85. The van der Waals surface area contributed by atoms with Crippen molar-refractivity contribution >= 4 is 33.7 Å². The number of likely N-dealkylation sites (tertiary alicyclic amines) is 1. The van der Waals surface area contributed by atoms with Crippen LogP contribution in [0.5, 0.6) is 0 Å². The highest BCUT2D eigenvalue weighted by molar-refractivity contribution is 9.09. The molecule has 7 atom stereocenters. The van der Waals surface area contributed by atoms with E-state index in [-0.39, 0.29) is 35.3 Å². The van der Waals surface area contributed by atoms with Crippen LogP contribution in [0.1, 0.15) is 67.2 Å². The summed E-state index contributed by atoms with van der Waals surface area (Å²) in [5, 5.41) is 10.3. The second kappa shape index (κ2) is 11.4. The molecule has 214 valence electrons. The molecule has 3 heterocycles. The summed E-state index contributed by atoms with van der Waals surface area (Å²) in [4.78, 5) is 45.2. The number of hydrogen-bond acceptors (Lipinski definition) is 6. The zero-order valence-corrected chi connectivity index (χ0v) is 25.3. The van der Waals surface area contributed by atoms with Gasteiger partial charge >= 0.3 is 5.97 Å². The first-order valence-electron chi connectivity index (χ1n) is 13.7. The number of hydrogen-bond donors (Lipinski definition) is 1. The zero-order valence-electron chi connectivity index (χ0n) is 23.7. The molecule has 0 saturated carbocycles. The minimum Gasteiger partial charge on any atom is -0.465 e. The quantitative estimate of drug-likeness (QED) is 0.159. The van der Waals surface area contributed by atoms with E-state index in [0.29, 0.717) is 25.8 Å². The van der Waals surface area contributed by atoms with Crippen LogP contribution in [0.3, 0.4) is 0 Å². The Morgan fingerprint density at radius 2 is 1.95 bits per heavy atom. The SMILES string of the molecule is C=CCCOC(=O)[C@H]1[C@H]2C(=O)N([C@@H](CC)CO)C(C(=O)N(CC=C)C(C)(C)CC(C)(C)C)C23CC(Br)[C@@H]1O3.